The highest BCUT2D eigenvalue weighted by Crippen LogP contribution is 2.06. The lowest BCUT2D eigenvalue weighted by atomic mass is 10.2. The van der Waals surface area contributed by atoms with E-state index in [-0.39, 0.29) is 0 Å². The molecule has 17 heavy (non-hydrogen) atoms. The minimum atomic E-state index is -1.18. The molecule has 0 saturated heterocycles. The molecule has 0 aromatic heterocycles. The van der Waals surface area contributed by atoms with Gasteiger partial charge in [-0.15, -0.1) is 0 Å². The van der Waals surface area contributed by atoms with Gasteiger partial charge >= 0.3 is 0 Å². The molecule has 0 saturated carbocycles. The number of carbonyl (C=O) groups excluding carboxylic acids is 1. The molecule has 1 aromatic carbocycles. The highest BCUT2D eigenvalue weighted by molar-refractivity contribution is 6.23. The summed E-state index contributed by atoms with van der Waals surface area (Å²) in [5.41, 5.74) is 0.659. The maximum Gasteiger partial charge on any atom is 0.257 e. The van der Waals surface area contributed by atoms with E-state index in [1.807, 2.05) is 25.1 Å². The average Bonchev–Trinajstić information content (AvgIpc) is 2.30. The van der Waals surface area contributed by atoms with E-state index < -0.39 is 12.0 Å². The number of aliphatic hydroxyl groups is 1. The molecule has 2 N–H and O–H groups in total. The summed E-state index contributed by atoms with van der Waals surface area (Å²) in [6.45, 7) is 1.85. The van der Waals surface area contributed by atoms with E-state index in [9.17, 15) is 9.90 Å². The summed E-state index contributed by atoms with van der Waals surface area (Å²) < 4.78 is 0. The Balaban J connectivity index is 2.62. The van der Waals surface area contributed by atoms with Gasteiger partial charge in [0.2, 0.25) is 0 Å². The van der Waals surface area contributed by atoms with Crippen molar-refractivity contribution in [3.05, 3.63) is 53.8 Å². The van der Waals surface area contributed by atoms with Crippen LogP contribution in [0.15, 0.2) is 53.8 Å². The number of anilines is 1. The van der Waals surface area contributed by atoms with E-state index in [1.165, 1.54) is 6.08 Å². The molecular weight excluding hydrogens is 230 g/mol. The van der Waals surface area contributed by atoms with Crippen molar-refractivity contribution in [3.8, 4) is 0 Å². The molecule has 1 aromatic rings. The quantitative estimate of drug-likeness (QED) is 0.624. The maximum absolute atomic E-state index is 11.6. The van der Waals surface area contributed by atoms with Gasteiger partial charge in [-0.1, -0.05) is 35.5 Å². The number of rotatable bonds is 4. The molecule has 0 aliphatic rings. The molecule has 0 fully saturated rings. The summed E-state index contributed by atoms with van der Waals surface area (Å²) in [4.78, 5) is 11.6. The van der Waals surface area contributed by atoms with Crippen LogP contribution in [0.2, 0.25) is 0 Å². The Labute approximate surface area is 104 Å². The molecule has 3 radical (unpaired) electrons. The lowest BCUT2D eigenvalue weighted by molar-refractivity contribution is -0.121. The van der Waals surface area contributed by atoms with E-state index in [4.69, 9.17) is 0 Å². The van der Waals surface area contributed by atoms with Crippen LogP contribution in [0.25, 0.3) is 0 Å². The second-order valence-corrected chi connectivity index (χ2v) is 4.00. The zero-order valence-corrected chi connectivity index (χ0v) is 10.6. The number of nitrogens with one attached hydrogen (secondary N) is 1. The summed E-state index contributed by atoms with van der Waals surface area (Å²) in [5.74, 6) is -0.462. The molecule has 0 heterocycles. The molecule has 1 unspecified atom stereocenters. The first-order valence-corrected chi connectivity index (χ1v) is 5.73. The van der Waals surface area contributed by atoms with Gasteiger partial charge in [0.15, 0.2) is 6.10 Å². The maximum atomic E-state index is 11.6. The minimum Gasteiger partial charge on any atom is -0.379 e. The van der Waals surface area contributed by atoms with Crippen LogP contribution in [-0.2, 0) is 4.79 Å². The number of hydrogen-bond acceptors (Lipinski definition) is 2. The van der Waals surface area contributed by atoms with Crippen LogP contribution < -0.4 is 5.32 Å². The van der Waals surface area contributed by atoms with Crippen molar-refractivity contribution in [3.63, 3.8) is 0 Å². The van der Waals surface area contributed by atoms with Crippen LogP contribution in [0.5, 0.6) is 0 Å². The second kappa shape index (κ2) is 6.83. The third-order valence-corrected chi connectivity index (χ3v) is 2.33. The Hall–Kier alpha value is -1.65. The smallest absolute Gasteiger partial charge is 0.257 e. The van der Waals surface area contributed by atoms with Gasteiger partial charge in [-0.2, -0.15) is 0 Å². The lowest BCUT2D eigenvalue weighted by Crippen LogP contribution is -2.26. The van der Waals surface area contributed by atoms with Crippen LogP contribution >= 0.6 is 0 Å². The van der Waals surface area contributed by atoms with Crippen molar-refractivity contribution in [1.82, 2.24) is 0 Å². The molecule has 0 spiro atoms. The SMILES string of the molecule is C/C=C/C([Si])=C/C(O)C(=O)Nc1ccccc1. The Morgan fingerprint density at radius 3 is 2.65 bits per heavy atom. The molecule has 0 bridgehead atoms. The van der Waals surface area contributed by atoms with Gasteiger partial charge in [-0.05, 0) is 25.1 Å². The van der Waals surface area contributed by atoms with Crippen molar-refractivity contribution in [2.24, 2.45) is 0 Å². The highest BCUT2D eigenvalue weighted by Gasteiger charge is 2.11. The van der Waals surface area contributed by atoms with Gasteiger partial charge in [0.05, 0.1) is 10.2 Å². The Morgan fingerprint density at radius 1 is 1.41 bits per heavy atom. The van der Waals surface area contributed by atoms with Gasteiger partial charge in [0.1, 0.15) is 0 Å². The minimum absolute atomic E-state index is 0.462. The summed E-state index contributed by atoms with van der Waals surface area (Å²) >= 11 is 0. The van der Waals surface area contributed by atoms with Crippen molar-refractivity contribution >= 4 is 21.8 Å². The van der Waals surface area contributed by atoms with Crippen LogP contribution in [-0.4, -0.2) is 27.4 Å². The zero-order chi connectivity index (χ0) is 12.7. The number of allylic oxidation sites excluding steroid dienone is 3. The Kier molecular flexibility index (Phi) is 5.39. The molecular formula is C13H14NO2Si. The largest absolute Gasteiger partial charge is 0.379 e. The fourth-order valence-corrected chi connectivity index (χ4v) is 1.54. The van der Waals surface area contributed by atoms with Crippen molar-refractivity contribution in [1.29, 1.82) is 0 Å². The van der Waals surface area contributed by atoms with Gasteiger partial charge in [0.25, 0.3) is 5.91 Å². The lowest BCUT2D eigenvalue weighted by Gasteiger charge is -2.08. The normalized spacial score (nSPS) is 13.7. The molecule has 1 atom stereocenters. The number of hydrogen-bond donors (Lipinski definition) is 2. The number of para-hydroxylation sites is 1. The number of aliphatic hydroxyl groups excluding tert-OH is 1. The Morgan fingerprint density at radius 2 is 2.06 bits per heavy atom. The molecule has 3 nitrogen and oxygen atoms in total. The molecule has 4 heteroatoms. The van der Waals surface area contributed by atoms with Crippen LogP contribution in [0, 0.1) is 0 Å². The first-order chi connectivity index (χ1) is 8.13. The van der Waals surface area contributed by atoms with E-state index in [0.717, 1.165) is 0 Å². The third-order valence-electron chi connectivity index (χ3n) is 1.99. The summed E-state index contributed by atoms with van der Waals surface area (Å²) in [7, 11) is 3.28. The Bertz CT molecular complexity index is 426. The molecule has 0 aliphatic heterocycles. The molecule has 1 rings (SSSR count). The van der Waals surface area contributed by atoms with Gasteiger partial charge in [-0.25, -0.2) is 0 Å². The van der Waals surface area contributed by atoms with Gasteiger partial charge < -0.3 is 10.4 Å². The molecule has 1 amide bonds. The fourth-order valence-electron chi connectivity index (χ4n) is 1.22. The van der Waals surface area contributed by atoms with E-state index >= 15 is 0 Å². The van der Waals surface area contributed by atoms with Crippen LogP contribution in [0.4, 0.5) is 5.69 Å². The topological polar surface area (TPSA) is 49.3 Å². The van der Waals surface area contributed by atoms with Gasteiger partial charge in [0, 0.05) is 5.69 Å². The van der Waals surface area contributed by atoms with Crippen molar-refractivity contribution in [2.75, 3.05) is 5.32 Å². The fraction of sp³-hybridized carbons (Fsp3) is 0.154. The predicted octanol–water partition coefficient (Wildman–Crippen LogP) is 1.61. The van der Waals surface area contributed by atoms with Crippen LogP contribution in [0.1, 0.15) is 6.92 Å². The third kappa shape index (κ3) is 4.80. The zero-order valence-electron chi connectivity index (χ0n) is 9.55. The molecule has 87 valence electrons. The van der Waals surface area contributed by atoms with E-state index in [1.54, 1.807) is 24.3 Å². The summed E-state index contributed by atoms with van der Waals surface area (Å²) in [6.07, 6.45) is 3.80. The number of carbonyl (C=O) groups is 1. The average molecular weight is 244 g/mol. The number of benzene rings is 1. The highest BCUT2D eigenvalue weighted by atomic mass is 28.1. The van der Waals surface area contributed by atoms with E-state index in [2.05, 4.69) is 15.6 Å². The summed E-state index contributed by atoms with van der Waals surface area (Å²) in [5, 5.41) is 12.9. The standard InChI is InChI=1S/C13H14NO2Si/c1-2-6-11(17)9-12(15)13(16)14-10-7-4-3-5-8-10/h2-9,12,15H,1H3,(H,14,16)/b6-2+,11-9-. The van der Waals surface area contributed by atoms with E-state index in [0.29, 0.717) is 10.9 Å². The van der Waals surface area contributed by atoms with Gasteiger partial charge in [-0.3, -0.25) is 4.79 Å². The first kappa shape index (κ1) is 13.4. The van der Waals surface area contributed by atoms with Crippen molar-refractivity contribution in [2.45, 2.75) is 13.0 Å². The predicted molar refractivity (Wildman–Crippen MR) is 69.7 cm³/mol. The summed E-state index contributed by atoms with van der Waals surface area (Å²) in [6, 6.07) is 9.00. The molecule has 0 aliphatic carbocycles. The number of amides is 1. The van der Waals surface area contributed by atoms with Crippen LogP contribution in [0.3, 0.4) is 0 Å². The first-order valence-electron chi connectivity index (χ1n) is 5.23. The monoisotopic (exact) mass is 244 g/mol. The second-order valence-electron chi connectivity index (χ2n) is 3.42. The van der Waals surface area contributed by atoms with Crippen molar-refractivity contribution < 1.29 is 9.90 Å².